The Labute approximate surface area is 198 Å². The average Bonchev–Trinajstić information content (AvgIpc) is 2.86. The van der Waals surface area contributed by atoms with Crippen LogP contribution >= 0.6 is 0 Å². The Bertz CT molecular complexity index is 999. The molecule has 34 heavy (non-hydrogen) atoms. The van der Waals surface area contributed by atoms with E-state index in [1.165, 1.54) is 0 Å². The van der Waals surface area contributed by atoms with Crippen LogP contribution in [0.3, 0.4) is 0 Å². The van der Waals surface area contributed by atoms with Crippen LogP contribution in [0, 0.1) is 5.92 Å². The summed E-state index contributed by atoms with van der Waals surface area (Å²) in [6, 6.07) is 16.0. The number of amides is 2. The molecule has 0 bridgehead atoms. The van der Waals surface area contributed by atoms with E-state index in [-0.39, 0.29) is 49.6 Å². The van der Waals surface area contributed by atoms with Gasteiger partial charge in [-0.15, -0.1) is 0 Å². The molecule has 1 aliphatic heterocycles. The summed E-state index contributed by atoms with van der Waals surface area (Å²) < 4.78 is 5.39. The molecule has 0 aromatic heterocycles. The Balaban J connectivity index is 1.40. The van der Waals surface area contributed by atoms with Crippen LogP contribution in [0.25, 0.3) is 0 Å². The summed E-state index contributed by atoms with van der Waals surface area (Å²) in [7, 11) is 0. The fraction of sp³-hybridized carbons (Fsp3) is 0.385. The predicted octanol–water partition coefficient (Wildman–Crippen LogP) is 3.90. The number of carboxylic acid groups (broad SMARTS) is 1. The minimum Gasteiger partial charge on any atom is -0.481 e. The molecule has 1 heterocycles. The van der Waals surface area contributed by atoms with Crippen LogP contribution in [0.2, 0.25) is 0 Å². The molecule has 180 valence electrons. The molecule has 2 aromatic rings. The van der Waals surface area contributed by atoms with E-state index in [0.717, 1.165) is 18.4 Å². The molecule has 3 rings (SSSR count). The Morgan fingerprint density at radius 1 is 0.941 bits per heavy atom. The number of benzene rings is 2. The third-order valence-corrected chi connectivity index (χ3v) is 5.87. The zero-order chi connectivity index (χ0) is 24.3. The molecule has 2 N–H and O–H groups in total. The van der Waals surface area contributed by atoms with Crippen LogP contribution in [0.4, 0.5) is 4.79 Å². The molecule has 0 unspecified atom stereocenters. The number of ether oxygens (including phenoxy) is 1. The van der Waals surface area contributed by atoms with Gasteiger partial charge < -0.3 is 20.1 Å². The number of hydrogen-bond acceptors (Lipinski definition) is 5. The van der Waals surface area contributed by atoms with Crippen molar-refractivity contribution in [3.05, 3.63) is 71.3 Å². The lowest BCUT2D eigenvalue weighted by molar-refractivity contribution is -0.137. The van der Waals surface area contributed by atoms with Crippen molar-refractivity contribution in [2.24, 2.45) is 5.92 Å². The summed E-state index contributed by atoms with van der Waals surface area (Å²) in [4.78, 5) is 49.4. The second kappa shape index (κ2) is 12.5. The summed E-state index contributed by atoms with van der Waals surface area (Å²) in [5.74, 6) is -1.12. The number of ketones is 1. The first-order chi connectivity index (χ1) is 16.4. The monoisotopic (exact) mass is 466 g/mol. The van der Waals surface area contributed by atoms with Gasteiger partial charge in [0.05, 0.1) is 0 Å². The van der Waals surface area contributed by atoms with Gasteiger partial charge in [-0.05, 0) is 42.9 Å². The SMILES string of the molecule is O=C(O)CCCC(=O)c1cccc(C(=O)NCC2CCN(C(=O)OCc3ccccc3)CC2)c1. The highest BCUT2D eigenvalue weighted by molar-refractivity contribution is 6.00. The van der Waals surface area contributed by atoms with Crippen LogP contribution in [-0.4, -0.2) is 53.4 Å². The number of Topliss-reactive ketones (excluding diaryl/α,β-unsaturated/α-hetero) is 1. The Kier molecular flexibility index (Phi) is 9.20. The molecule has 0 atom stereocenters. The highest BCUT2D eigenvalue weighted by Gasteiger charge is 2.24. The Hall–Kier alpha value is -3.68. The average molecular weight is 467 g/mol. The van der Waals surface area contributed by atoms with Gasteiger partial charge >= 0.3 is 12.1 Å². The molecule has 0 spiro atoms. The summed E-state index contributed by atoms with van der Waals surface area (Å²) >= 11 is 0. The van der Waals surface area contributed by atoms with Gasteiger partial charge in [-0.1, -0.05) is 42.5 Å². The van der Waals surface area contributed by atoms with Crippen LogP contribution in [0.15, 0.2) is 54.6 Å². The van der Waals surface area contributed by atoms with Gasteiger partial charge in [-0.3, -0.25) is 14.4 Å². The van der Waals surface area contributed by atoms with Crippen LogP contribution in [0.1, 0.15) is 58.4 Å². The number of nitrogens with zero attached hydrogens (tertiary/aromatic N) is 1. The van der Waals surface area contributed by atoms with E-state index in [1.807, 2.05) is 30.3 Å². The first-order valence-corrected chi connectivity index (χ1v) is 11.5. The quantitative estimate of drug-likeness (QED) is 0.514. The van der Waals surface area contributed by atoms with E-state index >= 15 is 0 Å². The number of rotatable bonds is 10. The molecule has 0 radical (unpaired) electrons. The van der Waals surface area contributed by atoms with E-state index in [4.69, 9.17) is 9.84 Å². The maximum atomic E-state index is 12.6. The van der Waals surface area contributed by atoms with Gasteiger partial charge in [-0.25, -0.2) is 4.79 Å². The summed E-state index contributed by atoms with van der Waals surface area (Å²) in [5.41, 5.74) is 1.74. The molecule has 0 aliphatic carbocycles. The maximum absolute atomic E-state index is 12.6. The third kappa shape index (κ3) is 7.72. The molecule has 1 saturated heterocycles. The maximum Gasteiger partial charge on any atom is 0.410 e. The van der Waals surface area contributed by atoms with Crippen molar-refractivity contribution in [3.8, 4) is 0 Å². The smallest absolute Gasteiger partial charge is 0.410 e. The molecular formula is C26H30N2O6. The second-order valence-electron chi connectivity index (χ2n) is 8.43. The molecule has 1 fully saturated rings. The van der Waals surface area contributed by atoms with Gasteiger partial charge in [0.2, 0.25) is 0 Å². The number of piperidine rings is 1. The van der Waals surface area contributed by atoms with Crippen molar-refractivity contribution in [2.45, 2.75) is 38.7 Å². The van der Waals surface area contributed by atoms with E-state index in [1.54, 1.807) is 29.2 Å². The number of carbonyl (C=O) groups excluding carboxylic acids is 3. The van der Waals surface area contributed by atoms with E-state index in [9.17, 15) is 19.2 Å². The topological polar surface area (TPSA) is 113 Å². The van der Waals surface area contributed by atoms with Crippen molar-refractivity contribution in [1.29, 1.82) is 0 Å². The standard InChI is InChI=1S/C26H30N2O6/c29-23(10-5-11-24(30)31)21-8-4-9-22(16-21)25(32)27-17-19-12-14-28(15-13-19)26(33)34-18-20-6-2-1-3-7-20/h1-4,6-9,16,19H,5,10-15,17-18H2,(H,27,32)(H,30,31). The number of aliphatic carboxylic acids is 1. The molecular weight excluding hydrogens is 436 g/mol. The molecule has 0 saturated carbocycles. The van der Waals surface area contributed by atoms with Gasteiger partial charge in [0.15, 0.2) is 5.78 Å². The number of carbonyl (C=O) groups is 4. The predicted molar refractivity (Wildman–Crippen MR) is 126 cm³/mol. The summed E-state index contributed by atoms with van der Waals surface area (Å²) in [6.07, 6.45) is 1.55. The van der Waals surface area contributed by atoms with Crippen LogP contribution in [0.5, 0.6) is 0 Å². The highest BCUT2D eigenvalue weighted by atomic mass is 16.6. The van der Waals surface area contributed by atoms with Crippen molar-refractivity contribution in [3.63, 3.8) is 0 Å². The van der Waals surface area contributed by atoms with Crippen LogP contribution in [-0.2, 0) is 16.1 Å². The molecule has 2 aromatic carbocycles. The lowest BCUT2D eigenvalue weighted by Gasteiger charge is -2.31. The zero-order valence-electron chi connectivity index (χ0n) is 19.1. The lowest BCUT2D eigenvalue weighted by Crippen LogP contribution is -2.41. The van der Waals surface area contributed by atoms with Crippen molar-refractivity contribution >= 4 is 23.8 Å². The number of likely N-dealkylation sites (tertiary alicyclic amines) is 1. The van der Waals surface area contributed by atoms with Crippen molar-refractivity contribution in [2.75, 3.05) is 19.6 Å². The van der Waals surface area contributed by atoms with E-state index in [0.29, 0.717) is 30.8 Å². The molecule has 8 nitrogen and oxygen atoms in total. The Morgan fingerprint density at radius 2 is 1.65 bits per heavy atom. The fourth-order valence-electron chi connectivity index (χ4n) is 3.85. The largest absolute Gasteiger partial charge is 0.481 e. The molecule has 2 amide bonds. The second-order valence-corrected chi connectivity index (χ2v) is 8.43. The number of hydrogen-bond donors (Lipinski definition) is 2. The molecule has 1 aliphatic rings. The summed E-state index contributed by atoms with van der Waals surface area (Å²) in [5, 5.41) is 11.6. The van der Waals surface area contributed by atoms with Gasteiger partial charge in [0.1, 0.15) is 6.61 Å². The molecule has 8 heteroatoms. The zero-order valence-corrected chi connectivity index (χ0v) is 19.1. The van der Waals surface area contributed by atoms with E-state index in [2.05, 4.69) is 5.32 Å². The highest BCUT2D eigenvalue weighted by Crippen LogP contribution is 2.18. The van der Waals surface area contributed by atoms with Gasteiger partial charge in [0, 0.05) is 43.6 Å². The number of carboxylic acids is 1. The van der Waals surface area contributed by atoms with E-state index < -0.39 is 5.97 Å². The van der Waals surface area contributed by atoms with Gasteiger partial charge in [-0.2, -0.15) is 0 Å². The van der Waals surface area contributed by atoms with Crippen LogP contribution < -0.4 is 5.32 Å². The minimum atomic E-state index is -0.934. The Morgan fingerprint density at radius 3 is 2.35 bits per heavy atom. The first kappa shape index (κ1) is 25.0. The lowest BCUT2D eigenvalue weighted by atomic mass is 9.97. The first-order valence-electron chi connectivity index (χ1n) is 11.5. The van der Waals surface area contributed by atoms with Crippen molar-refractivity contribution < 1.29 is 29.0 Å². The van der Waals surface area contributed by atoms with Crippen molar-refractivity contribution in [1.82, 2.24) is 10.2 Å². The minimum absolute atomic E-state index is 0.0600. The van der Waals surface area contributed by atoms with Gasteiger partial charge in [0.25, 0.3) is 5.91 Å². The summed E-state index contributed by atoms with van der Waals surface area (Å²) in [6.45, 7) is 1.89. The third-order valence-electron chi connectivity index (χ3n) is 5.87. The number of nitrogens with one attached hydrogen (secondary N) is 1. The normalized spacial score (nSPS) is 13.8. The fourth-order valence-corrected chi connectivity index (χ4v) is 3.85.